The van der Waals surface area contributed by atoms with Gasteiger partial charge in [-0.1, -0.05) is 6.07 Å². The lowest BCUT2D eigenvalue weighted by Crippen LogP contribution is -2.42. The molecule has 1 aromatic heterocycles. The Morgan fingerprint density at radius 2 is 2.29 bits per heavy atom. The van der Waals surface area contributed by atoms with Crippen LogP contribution in [0.5, 0.6) is 0 Å². The molecule has 96 valence electrons. The Kier molecular flexibility index (Phi) is 4.56. The van der Waals surface area contributed by atoms with Crippen molar-refractivity contribution < 1.29 is 9.84 Å². The molecule has 0 amide bonds. The smallest absolute Gasteiger partial charge is 0.0501 e. The maximum atomic E-state index is 9.59. The minimum absolute atomic E-state index is 0.0176. The molecule has 2 N–H and O–H groups in total. The number of rotatable bonds is 5. The van der Waals surface area contributed by atoms with Gasteiger partial charge in [0.25, 0.3) is 0 Å². The predicted molar refractivity (Wildman–Crippen MR) is 70.3 cm³/mol. The summed E-state index contributed by atoms with van der Waals surface area (Å²) in [6.45, 7) is 4.84. The highest BCUT2D eigenvalue weighted by atomic mass is 32.1. The zero-order valence-electron chi connectivity index (χ0n) is 10.3. The van der Waals surface area contributed by atoms with Crippen molar-refractivity contribution in [3.05, 3.63) is 22.4 Å². The molecular formula is C13H21NO2S. The lowest BCUT2D eigenvalue weighted by molar-refractivity contribution is -0.0163. The van der Waals surface area contributed by atoms with E-state index < -0.39 is 0 Å². The first kappa shape index (κ1) is 13.0. The van der Waals surface area contributed by atoms with Gasteiger partial charge in [-0.05, 0) is 31.2 Å². The van der Waals surface area contributed by atoms with E-state index in [4.69, 9.17) is 4.74 Å². The molecule has 0 spiro atoms. The Hall–Kier alpha value is -0.420. The number of thiophene rings is 1. The molecular weight excluding hydrogens is 234 g/mol. The highest BCUT2D eigenvalue weighted by molar-refractivity contribution is 7.10. The van der Waals surface area contributed by atoms with Crippen LogP contribution in [0.25, 0.3) is 0 Å². The molecule has 0 aliphatic carbocycles. The summed E-state index contributed by atoms with van der Waals surface area (Å²) in [5.74, 6) is 0. The SMILES string of the molecule is CC(NCC1(CO)CCOCC1)c1cccs1. The molecule has 1 aromatic rings. The molecule has 1 unspecified atom stereocenters. The van der Waals surface area contributed by atoms with Crippen LogP contribution in [0.3, 0.4) is 0 Å². The Morgan fingerprint density at radius 1 is 1.53 bits per heavy atom. The van der Waals surface area contributed by atoms with Crippen LogP contribution in [-0.4, -0.2) is 31.5 Å². The molecule has 2 heterocycles. The van der Waals surface area contributed by atoms with E-state index in [2.05, 4.69) is 29.8 Å². The van der Waals surface area contributed by atoms with Gasteiger partial charge in [0.1, 0.15) is 0 Å². The molecule has 2 rings (SSSR count). The van der Waals surface area contributed by atoms with Crippen LogP contribution in [0.4, 0.5) is 0 Å². The molecule has 1 atom stereocenters. The second-order valence-electron chi connectivity index (χ2n) is 4.89. The van der Waals surface area contributed by atoms with Gasteiger partial charge in [0.15, 0.2) is 0 Å². The van der Waals surface area contributed by atoms with Gasteiger partial charge in [0.05, 0.1) is 6.61 Å². The van der Waals surface area contributed by atoms with Gasteiger partial charge in [0, 0.05) is 36.1 Å². The first-order valence-corrected chi connectivity index (χ1v) is 7.09. The first-order chi connectivity index (χ1) is 8.26. The van der Waals surface area contributed by atoms with Gasteiger partial charge >= 0.3 is 0 Å². The van der Waals surface area contributed by atoms with Crippen LogP contribution in [0.2, 0.25) is 0 Å². The lowest BCUT2D eigenvalue weighted by atomic mass is 9.81. The van der Waals surface area contributed by atoms with E-state index in [9.17, 15) is 5.11 Å². The van der Waals surface area contributed by atoms with Crippen LogP contribution in [0, 0.1) is 5.41 Å². The lowest BCUT2D eigenvalue weighted by Gasteiger charge is -2.36. The van der Waals surface area contributed by atoms with Crippen molar-refractivity contribution in [2.75, 3.05) is 26.4 Å². The van der Waals surface area contributed by atoms with E-state index in [0.717, 1.165) is 32.6 Å². The molecule has 3 nitrogen and oxygen atoms in total. The van der Waals surface area contributed by atoms with Gasteiger partial charge in [-0.15, -0.1) is 11.3 Å². The molecule has 17 heavy (non-hydrogen) atoms. The van der Waals surface area contributed by atoms with Gasteiger partial charge in [0.2, 0.25) is 0 Å². The average Bonchev–Trinajstić information content (AvgIpc) is 2.91. The van der Waals surface area contributed by atoms with Crippen molar-refractivity contribution in [1.29, 1.82) is 0 Å². The van der Waals surface area contributed by atoms with Crippen LogP contribution in [0.1, 0.15) is 30.7 Å². The summed E-state index contributed by atoms with van der Waals surface area (Å²) in [5.41, 5.74) is 0.0176. The van der Waals surface area contributed by atoms with Crippen molar-refractivity contribution in [3.63, 3.8) is 0 Å². The monoisotopic (exact) mass is 255 g/mol. The number of hydrogen-bond donors (Lipinski definition) is 2. The zero-order chi connectivity index (χ0) is 12.1. The molecule has 0 aromatic carbocycles. The largest absolute Gasteiger partial charge is 0.396 e. The Balaban J connectivity index is 1.87. The van der Waals surface area contributed by atoms with Crippen molar-refractivity contribution in [1.82, 2.24) is 5.32 Å². The third kappa shape index (κ3) is 3.28. The van der Waals surface area contributed by atoms with E-state index in [1.807, 2.05) is 0 Å². The van der Waals surface area contributed by atoms with Gasteiger partial charge in [-0.2, -0.15) is 0 Å². The Morgan fingerprint density at radius 3 is 2.88 bits per heavy atom. The maximum absolute atomic E-state index is 9.59. The van der Waals surface area contributed by atoms with Crippen LogP contribution < -0.4 is 5.32 Å². The predicted octanol–water partition coefficient (Wildman–Crippen LogP) is 2.19. The van der Waals surface area contributed by atoms with E-state index in [-0.39, 0.29) is 12.0 Å². The summed E-state index contributed by atoms with van der Waals surface area (Å²) in [4.78, 5) is 1.35. The van der Waals surface area contributed by atoms with Crippen molar-refractivity contribution >= 4 is 11.3 Å². The molecule has 1 aliphatic heterocycles. The summed E-state index contributed by atoms with van der Waals surface area (Å²) >= 11 is 1.77. The van der Waals surface area contributed by atoms with Crippen LogP contribution in [-0.2, 0) is 4.74 Å². The fourth-order valence-electron chi connectivity index (χ4n) is 2.20. The van der Waals surface area contributed by atoms with E-state index in [0.29, 0.717) is 6.04 Å². The van der Waals surface area contributed by atoms with E-state index in [1.165, 1.54) is 4.88 Å². The Bertz CT molecular complexity index is 320. The second-order valence-corrected chi connectivity index (χ2v) is 5.87. The number of nitrogens with one attached hydrogen (secondary N) is 1. The topological polar surface area (TPSA) is 41.5 Å². The Labute approximate surface area is 107 Å². The molecule has 4 heteroatoms. The molecule has 0 radical (unpaired) electrons. The molecule has 0 saturated carbocycles. The zero-order valence-corrected chi connectivity index (χ0v) is 11.1. The van der Waals surface area contributed by atoms with Crippen molar-refractivity contribution in [2.45, 2.75) is 25.8 Å². The molecule has 1 aliphatic rings. The van der Waals surface area contributed by atoms with E-state index >= 15 is 0 Å². The van der Waals surface area contributed by atoms with E-state index in [1.54, 1.807) is 11.3 Å². The third-order valence-electron chi connectivity index (χ3n) is 3.64. The van der Waals surface area contributed by atoms with Crippen molar-refractivity contribution in [3.8, 4) is 0 Å². The molecule has 1 fully saturated rings. The minimum atomic E-state index is 0.0176. The number of hydrogen-bond acceptors (Lipinski definition) is 4. The fourth-order valence-corrected chi connectivity index (χ4v) is 2.96. The minimum Gasteiger partial charge on any atom is -0.396 e. The summed E-state index contributed by atoms with van der Waals surface area (Å²) < 4.78 is 5.37. The first-order valence-electron chi connectivity index (χ1n) is 6.21. The summed E-state index contributed by atoms with van der Waals surface area (Å²) in [6, 6.07) is 4.59. The maximum Gasteiger partial charge on any atom is 0.0501 e. The fraction of sp³-hybridized carbons (Fsp3) is 0.692. The third-order valence-corrected chi connectivity index (χ3v) is 4.70. The molecule has 1 saturated heterocycles. The van der Waals surface area contributed by atoms with Crippen LogP contribution in [0.15, 0.2) is 17.5 Å². The van der Waals surface area contributed by atoms with Crippen LogP contribution >= 0.6 is 11.3 Å². The van der Waals surface area contributed by atoms with Gasteiger partial charge in [-0.3, -0.25) is 0 Å². The summed E-state index contributed by atoms with van der Waals surface area (Å²) in [6.07, 6.45) is 1.90. The number of aliphatic hydroxyl groups is 1. The standard InChI is InChI=1S/C13H21NO2S/c1-11(12-3-2-8-17-12)14-9-13(10-15)4-6-16-7-5-13/h2-3,8,11,14-15H,4-7,9-10H2,1H3. The highest BCUT2D eigenvalue weighted by Gasteiger charge is 2.32. The van der Waals surface area contributed by atoms with Gasteiger partial charge < -0.3 is 15.2 Å². The quantitative estimate of drug-likeness (QED) is 0.847. The highest BCUT2D eigenvalue weighted by Crippen LogP contribution is 2.30. The normalized spacial score (nSPS) is 21.3. The summed E-state index contributed by atoms with van der Waals surface area (Å²) in [7, 11) is 0. The molecule has 0 bridgehead atoms. The van der Waals surface area contributed by atoms with Crippen molar-refractivity contribution in [2.24, 2.45) is 5.41 Å². The number of ether oxygens (including phenoxy) is 1. The number of aliphatic hydroxyl groups excluding tert-OH is 1. The summed E-state index contributed by atoms with van der Waals surface area (Å²) in [5, 5.41) is 15.2. The second kappa shape index (κ2) is 5.96. The van der Waals surface area contributed by atoms with Gasteiger partial charge in [-0.25, -0.2) is 0 Å². The average molecular weight is 255 g/mol.